The number of halogens is 2. The third-order valence-corrected chi connectivity index (χ3v) is 1.29. The summed E-state index contributed by atoms with van der Waals surface area (Å²) in [6.45, 7) is 0. The first-order valence-corrected chi connectivity index (χ1v) is 2.94. The van der Waals surface area contributed by atoms with Crippen LogP contribution in [0.2, 0.25) is 0 Å². The highest BCUT2D eigenvalue weighted by Crippen LogP contribution is 2.17. The van der Waals surface area contributed by atoms with E-state index in [1.165, 1.54) is 13.1 Å². The Labute approximate surface area is 62.8 Å². The van der Waals surface area contributed by atoms with E-state index >= 15 is 0 Å². The minimum Gasteiger partial charge on any atom is -0.266 e. The van der Waals surface area contributed by atoms with Crippen molar-refractivity contribution >= 4 is 0 Å². The molecule has 0 aliphatic rings. The lowest BCUT2D eigenvalue weighted by atomic mass is 10.4. The molecule has 0 N–H and O–H groups in total. The van der Waals surface area contributed by atoms with Crippen molar-refractivity contribution in [3.8, 4) is 12.3 Å². The number of hydrogen-bond acceptors (Lipinski definition) is 1. The highest BCUT2D eigenvalue weighted by Gasteiger charge is 2.12. The van der Waals surface area contributed by atoms with Gasteiger partial charge in [-0.25, -0.2) is 8.78 Å². The van der Waals surface area contributed by atoms with Gasteiger partial charge in [0.25, 0.3) is 6.43 Å². The van der Waals surface area contributed by atoms with Crippen LogP contribution in [0.15, 0.2) is 6.07 Å². The average molecular weight is 156 g/mol. The van der Waals surface area contributed by atoms with Gasteiger partial charge in [0.1, 0.15) is 11.4 Å². The predicted molar refractivity (Wildman–Crippen MR) is 36.1 cm³/mol. The van der Waals surface area contributed by atoms with Gasteiger partial charge in [-0.2, -0.15) is 5.10 Å². The molecule has 4 heteroatoms. The molecular formula is C7H6F2N2. The van der Waals surface area contributed by atoms with Crippen LogP contribution in [-0.4, -0.2) is 9.78 Å². The highest BCUT2D eigenvalue weighted by molar-refractivity contribution is 5.26. The summed E-state index contributed by atoms with van der Waals surface area (Å²) in [6, 6.07) is 1.20. The van der Waals surface area contributed by atoms with Crippen LogP contribution in [0.25, 0.3) is 0 Å². The molecule has 0 unspecified atom stereocenters. The minimum absolute atomic E-state index is 0.155. The molecule has 0 aliphatic carbocycles. The Balaban J connectivity index is 3.09. The van der Waals surface area contributed by atoms with Crippen LogP contribution in [0, 0.1) is 12.3 Å². The summed E-state index contributed by atoms with van der Waals surface area (Å²) in [7, 11) is 1.43. The van der Waals surface area contributed by atoms with E-state index in [1.807, 2.05) is 0 Å². The summed E-state index contributed by atoms with van der Waals surface area (Å²) in [6.07, 6.45) is 2.44. The predicted octanol–water partition coefficient (Wildman–Crippen LogP) is 1.34. The molecule has 0 fully saturated rings. The molecule has 58 valence electrons. The van der Waals surface area contributed by atoms with E-state index in [1.54, 1.807) is 0 Å². The summed E-state index contributed by atoms with van der Waals surface area (Å²) in [5.74, 6) is 2.18. The van der Waals surface area contributed by atoms with E-state index < -0.39 is 6.43 Å². The second-order valence-corrected chi connectivity index (χ2v) is 2.02. The number of rotatable bonds is 1. The van der Waals surface area contributed by atoms with Crippen LogP contribution >= 0.6 is 0 Å². The Kier molecular flexibility index (Phi) is 1.90. The molecule has 0 aromatic carbocycles. The molecule has 0 spiro atoms. The molecule has 0 saturated heterocycles. The number of alkyl halides is 2. The molecule has 1 aromatic heterocycles. The molecule has 1 heterocycles. The van der Waals surface area contributed by atoms with Gasteiger partial charge in [0.15, 0.2) is 0 Å². The zero-order chi connectivity index (χ0) is 8.43. The van der Waals surface area contributed by atoms with Gasteiger partial charge in [0, 0.05) is 13.1 Å². The van der Waals surface area contributed by atoms with Gasteiger partial charge in [-0.3, -0.25) is 4.68 Å². The Morgan fingerprint density at radius 1 is 1.73 bits per heavy atom. The Morgan fingerprint density at radius 2 is 2.36 bits per heavy atom. The maximum Gasteiger partial charge on any atom is 0.280 e. The van der Waals surface area contributed by atoms with Crippen molar-refractivity contribution in [1.82, 2.24) is 9.78 Å². The molecule has 0 aliphatic heterocycles. The van der Waals surface area contributed by atoms with Gasteiger partial charge in [-0.1, -0.05) is 0 Å². The van der Waals surface area contributed by atoms with Gasteiger partial charge in [0.05, 0.1) is 0 Å². The largest absolute Gasteiger partial charge is 0.280 e. The molecule has 1 rings (SSSR count). The zero-order valence-electron chi connectivity index (χ0n) is 5.88. The maximum atomic E-state index is 12.0. The summed E-state index contributed by atoms with van der Waals surface area (Å²) in [5.41, 5.74) is 0.0840. The standard InChI is InChI=1S/C7H6F2N2/c1-3-5-4-6(7(8)9)11(2)10-5/h1,4,7H,2H3. The number of nitrogens with zero attached hydrogens (tertiary/aromatic N) is 2. The summed E-state index contributed by atoms with van der Waals surface area (Å²) < 4.78 is 25.2. The lowest BCUT2D eigenvalue weighted by molar-refractivity contribution is 0.141. The topological polar surface area (TPSA) is 17.8 Å². The fourth-order valence-electron chi connectivity index (χ4n) is 0.756. The monoisotopic (exact) mass is 156 g/mol. The van der Waals surface area contributed by atoms with Gasteiger partial charge in [-0.05, 0) is 5.92 Å². The van der Waals surface area contributed by atoms with Crippen LogP contribution in [-0.2, 0) is 7.05 Å². The van der Waals surface area contributed by atoms with Crippen molar-refractivity contribution < 1.29 is 8.78 Å². The highest BCUT2D eigenvalue weighted by atomic mass is 19.3. The van der Waals surface area contributed by atoms with E-state index in [9.17, 15) is 8.78 Å². The van der Waals surface area contributed by atoms with Crippen LogP contribution in [0.3, 0.4) is 0 Å². The minimum atomic E-state index is -2.52. The van der Waals surface area contributed by atoms with Gasteiger partial charge in [-0.15, -0.1) is 6.42 Å². The van der Waals surface area contributed by atoms with Gasteiger partial charge < -0.3 is 0 Å². The number of aromatic nitrogens is 2. The Bertz CT molecular complexity index is 296. The quantitative estimate of drug-likeness (QED) is 0.561. The maximum absolute atomic E-state index is 12.0. The molecular weight excluding hydrogens is 150 g/mol. The smallest absolute Gasteiger partial charge is 0.266 e. The first-order valence-electron chi connectivity index (χ1n) is 2.94. The molecule has 0 amide bonds. The second kappa shape index (κ2) is 2.70. The fourth-order valence-corrected chi connectivity index (χ4v) is 0.756. The molecule has 0 atom stereocenters. The molecule has 1 aromatic rings. The zero-order valence-corrected chi connectivity index (χ0v) is 5.88. The third kappa shape index (κ3) is 1.37. The van der Waals surface area contributed by atoms with Crippen LogP contribution in [0.1, 0.15) is 17.8 Å². The molecule has 0 bridgehead atoms. The lowest BCUT2D eigenvalue weighted by Crippen LogP contribution is -1.97. The fraction of sp³-hybridized carbons (Fsp3) is 0.286. The summed E-state index contributed by atoms with van der Waals surface area (Å²) in [5, 5.41) is 3.65. The van der Waals surface area contributed by atoms with E-state index in [0.29, 0.717) is 0 Å². The van der Waals surface area contributed by atoms with E-state index in [-0.39, 0.29) is 11.4 Å². The summed E-state index contributed by atoms with van der Waals surface area (Å²) >= 11 is 0. The van der Waals surface area contributed by atoms with E-state index in [2.05, 4.69) is 11.0 Å². The van der Waals surface area contributed by atoms with Crippen LogP contribution < -0.4 is 0 Å². The average Bonchev–Trinajstić information content (AvgIpc) is 2.30. The van der Waals surface area contributed by atoms with E-state index in [4.69, 9.17) is 6.42 Å². The Morgan fingerprint density at radius 3 is 2.64 bits per heavy atom. The van der Waals surface area contributed by atoms with Crippen molar-refractivity contribution in [3.63, 3.8) is 0 Å². The van der Waals surface area contributed by atoms with E-state index in [0.717, 1.165) is 4.68 Å². The first-order chi connectivity index (χ1) is 5.15. The second-order valence-electron chi connectivity index (χ2n) is 2.02. The first kappa shape index (κ1) is 7.73. The molecule has 0 radical (unpaired) electrons. The Hall–Kier alpha value is -1.37. The number of terminal acetylenes is 1. The molecule has 0 saturated carbocycles. The normalized spacial score (nSPS) is 10.1. The SMILES string of the molecule is C#Cc1cc(C(F)F)n(C)n1. The summed E-state index contributed by atoms with van der Waals surface area (Å²) in [4.78, 5) is 0. The van der Waals surface area contributed by atoms with Crippen LogP contribution in [0.4, 0.5) is 8.78 Å². The molecule has 2 nitrogen and oxygen atoms in total. The number of hydrogen-bond donors (Lipinski definition) is 0. The lowest BCUT2D eigenvalue weighted by Gasteiger charge is -1.96. The molecule has 11 heavy (non-hydrogen) atoms. The van der Waals surface area contributed by atoms with Crippen molar-refractivity contribution in [1.29, 1.82) is 0 Å². The van der Waals surface area contributed by atoms with Gasteiger partial charge in [0.2, 0.25) is 0 Å². The van der Waals surface area contributed by atoms with Crippen LogP contribution in [0.5, 0.6) is 0 Å². The van der Waals surface area contributed by atoms with Crippen molar-refractivity contribution in [2.75, 3.05) is 0 Å². The van der Waals surface area contributed by atoms with Gasteiger partial charge >= 0.3 is 0 Å². The number of aryl methyl sites for hydroxylation is 1. The third-order valence-electron chi connectivity index (χ3n) is 1.29. The van der Waals surface area contributed by atoms with Crippen molar-refractivity contribution in [2.45, 2.75) is 6.43 Å². The van der Waals surface area contributed by atoms with Crippen molar-refractivity contribution in [3.05, 3.63) is 17.5 Å². The van der Waals surface area contributed by atoms with Crippen molar-refractivity contribution in [2.24, 2.45) is 7.05 Å².